The van der Waals surface area contributed by atoms with Gasteiger partial charge in [-0.15, -0.1) is 0 Å². The Morgan fingerprint density at radius 3 is 2.16 bits per heavy atom. The molecule has 12 nitrogen and oxygen atoms in total. The zero-order chi connectivity index (χ0) is 22.1. The molecule has 0 aliphatic carbocycles. The van der Waals surface area contributed by atoms with Gasteiger partial charge in [0.15, 0.2) is 29.1 Å². The van der Waals surface area contributed by atoms with Crippen molar-refractivity contribution in [3.05, 3.63) is 53.8 Å². The number of phenols is 2. The molecule has 1 aliphatic heterocycles. The van der Waals surface area contributed by atoms with Crippen molar-refractivity contribution in [2.75, 3.05) is 0 Å². The number of hydrogen-bond donors (Lipinski definition) is 2. The average molecular weight is 506 g/mol. The quantitative estimate of drug-likeness (QED) is 0.125. The van der Waals surface area contributed by atoms with Gasteiger partial charge in [0, 0.05) is 5.56 Å². The number of rotatable bonds is 6. The summed E-state index contributed by atoms with van der Waals surface area (Å²) in [6, 6.07) is 7.46. The smallest absolute Gasteiger partial charge is 0.725 e. The van der Waals surface area contributed by atoms with Crippen LogP contribution in [0.15, 0.2) is 42.7 Å². The predicted molar refractivity (Wildman–Crippen MR) is 94.6 cm³/mol. The first-order valence-electron chi connectivity index (χ1n) is 7.85. The molecule has 16 heteroatoms. The van der Waals surface area contributed by atoms with Gasteiger partial charge in [-0.2, -0.15) is 0 Å². The largest absolute Gasteiger partial charge is 1.00 e. The Kier molecular flexibility index (Phi) is 10.3. The van der Waals surface area contributed by atoms with E-state index in [0.717, 1.165) is 18.2 Å². The number of phenolic OH excluding ortho intramolecular Hbond substituents is 2. The van der Waals surface area contributed by atoms with Crippen LogP contribution in [0.2, 0.25) is 0 Å². The summed E-state index contributed by atoms with van der Waals surface area (Å²) < 4.78 is 83.9. The fraction of sp³-hybridized carbons (Fsp3) is 0.125. The van der Waals surface area contributed by atoms with Crippen LogP contribution in [0.25, 0.3) is 6.08 Å². The van der Waals surface area contributed by atoms with Gasteiger partial charge in [-0.1, -0.05) is 12.1 Å². The van der Waals surface area contributed by atoms with Crippen LogP contribution >= 0.6 is 0 Å². The van der Waals surface area contributed by atoms with E-state index in [0.29, 0.717) is 11.8 Å². The van der Waals surface area contributed by atoms with Crippen LogP contribution in [0.3, 0.4) is 0 Å². The van der Waals surface area contributed by atoms with Crippen LogP contribution in [-0.4, -0.2) is 42.4 Å². The maximum absolute atomic E-state index is 11.1. The summed E-state index contributed by atoms with van der Waals surface area (Å²) in [7, 11) is -10.1. The molecule has 0 bridgehead atoms. The first-order chi connectivity index (χ1) is 13.9. The molecule has 0 saturated carbocycles. The molecule has 0 saturated heterocycles. The second-order valence-electron chi connectivity index (χ2n) is 5.79. The Balaban J connectivity index is 0.00000256. The standard InChI is InChI=1S/C16H14O12S2.2Na/c17-11-3-2-10(8-12(11)18)15-16(28-30(22,23)24)27-13-4-1-9(7-14(13)26-15)5-6-25-29(19,20)21;;/h1-8,15-18H,(H,19,20,21)(H,22,23,24);;/q;2*+1/p-2/b6-5+;;. The zero-order valence-electron chi connectivity index (χ0n) is 16.6. The van der Waals surface area contributed by atoms with E-state index in [-0.39, 0.29) is 76.2 Å². The van der Waals surface area contributed by atoms with Crippen molar-refractivity contribution in [1.29, 1.82) is 0 Å². The maximum atomic E-state index is 11.1. The Hall–Kier alpha value is -1.04. The topological polar surface area (TPSA) is 192 Å². The number of aromatic hydroxyl groups is 2. The summed E-state index contributed by atoms with van der Waals surface area (Å²) in [6.07, 6.45) is -1.34. The third kappa shape index (κ3) is 8.07. The molecule has 0 aromatic heterocycles. The molecule has 3 rings (SSSR count). The molecule has 162 valence electrons. The maximum Gasteiger partial charge on any atom is 1.00 e. The average Bonchev–Trinajstić information content (AvgIpc) is 2.61. The third-order valence-electron chi connectivity index (χ3n) is 3.69. The summed E-state index contributed by atoms with van der Waals surface area (Å²) in [5, 5.41) is 19.1. The molecule has 0 amide bonds. The van der Waals surface area contributed by atoms with Gasteiger partial charge in [0.2, 0.25) is 10.4 Å². The van der Waals surface area contributed by atoms with Crippen LogP contribution in [0.5, 0.6) is 23.0 Å². The van der Waals surface area contributed by atoms with Crippen LogP contribution in [0.4, 0.5) is 0 Å². The molecule has 2 atom stereocenters. The monoisotopic (exact) mass is 506 g/mol. The number of hydrogen-bond acceptors (Lipinski definition) is 12. The van der Waals surface area contributed by atoms with Gasteiger partial charge >= 0.3 is 59.1 Å². The van der Waals surface area contributed by atoms with E-state index in [9.17, 15) is 36.2 Å². The van der Waals surface area contributed by atoms with Gasteiger partial charge in [0.05, 0.1) is 0 Å². The molecule has 0 spiro atoms. The van der Waals surface area contributed by atoms with Crippen molar-refractivity contribution >= 4 is 26.9 Å². The fourth-order valence-corrected chi connectivity index (χ4v) is 3.06. The molecular formula is C16H12Na2O12S2. The van der Waals surface area contributed by atoms with Crippen molar-refractivity contribution in [3.63, 3.8) is 0 Å². The van der Waals surface area contributed by atoms with Crippen LogP contribution in [0, 0.1) is 0 Å². The summed E-state index contributed by atoms with van der Waals surface area (Å²) in [4.78, 5) is 0. The van der Waals surface area contributed by atoms with Gasteiger partial charge in [0.25, 0.3) is 16.7 Å². The van der Waals surface area contributed by atoms with Crippen molar-refractivity contribution in [2.24, 2.45) is 0 Å². The van der Waals surface area contributed by atoms with Gasteiger partial charge in [0.1, 0.15) is 6.26 Å². The van der Waals surface area contributed by atoms with Crippen molar-refractivity contribution in [3.8, 4) is 23.0 Å². The van der Waals surface area contributed by atoms with Crippen LogP contribution < -0.4 is 68.6 Å². The Morgan fingerprint density at radius 2 is 1.56 bits per heavy atom. The minimum Gasteiger partial charge on any atom is -0.725 e. The molecular weight excluding hydrogens is 494 g/mol. The molecule has 2 aromatic carbocycles. The van der Waals surface area contributed by atoms with Crippen LogP contribution in [0.1, 0.15) is 17.2 Å². The first-order valence-corrected chi connectivity index (χ1v) is 10.5. The third-order valence-corrected chi connectivity index (χ3v) is 4.46. The van der Waals surface area contributed by atoms with Crippen molar-refractivity contribution in [1.82, 2.24) is 0 Å². The van der Waals surface area contributed by atoms with Gasteiger partial charge in [-0.25, -0.2) is 21.0 Å². The molecule has 0 fully saturated rings. The molecule has 2 N–H and O–H groups in total. The minimum absolute atomic E-state index is 0. The fourth-order valence-electron chi connectivity index (χ4n) is 2.50. The predicted octanol–water partition coefficient (Wildman–Crippen LogP) is -5.13. The van der Waals surface area contributed by atoms with Crippen LogP contribution in [-0.2, 0) is 29.2 Å². The molecule has 2 unspecified atom stereocenters. The number of fused-ring (bicyclic) bond motifs is 1. The molecule has 1 heterocycles. The summed E-state index contributed by atoms with van der Waals surface area (Å²) in [5.74, 6) is -0.982. The minimum atomic E-state index is -5.20. The summed E-state index contributed by atoms with van der Waals surface area (Å²) >= 11 is 0. The van der Waals surface area contributed by atoms with E-state index in [1.165, 1.54) is 24.3 Å². The van der Waals surface area contributed by atoms with E-state index in [1.54, 1.807) is 0 Å². The summed E-state index contributed by atoms with van der Waals surface area (Å²) in [5.41, 5.74) is 0.412. The van der Waals surface area contributed by atoms with E-state index in [1.807, 2.05) is 0 Å². The second kappa shape index (κ2) is 11.4. The van der Waals surface area contributed by atoms with Crippen molar-refractivity contribution < 1.29 is 113 Å². The second-order valence-corrected chi connectivity index (χ2v) is 7.81. The molecule has 1 aliphatic rings. The number of ether oxygens (including phenoxy) is 2. The van der Waals surface area contributed by atoms with E-state index in [2.05, 4.69) is 8.37 Å². The molecule has 0 radical (unpaired) electrons. The zero-order valence-corrected chi connectivity index (χ0v) is 22.2. The van der Waals surface area contributed by atoms with E-state index < -0.39 is 44.7 Å². The molecule has 2 aromatic rings. The molecule has 32 heavy (non-hydrogen) atoms. The van der Waals surface area contributed by atoms with Crippen molar-refractivity contribution in [2.45, 2.75) is 12.4 Å². The van der Waals surface area contributed by atoms with Gasteiger partial charge < -0.3 is 33.0 Å². The number of benzene rings is 2. The Labute approximate surface area is 227 Å². The summed E-state index contributed by atoms with van der Waals surface area (Å²) in [6.45, 7) is 0. The Bertz CT molecular complexity index is 1200. The normalized spacial score (nSPS) is 17.8. The van der Waals surface area contributed by atoms with E-state index in [4.69, 9.17) is 9.47 Å². The van der Waals surface area contributed by atoms with E-state index >= 15 is 0 Å². The Morgan fingerprint density at radius 1 is 0.875 bits per heavy atom. The first kappa shape index (κ1) is 29.0. The van der Waals surface area contributed by atoms with Gasteiger partial charge in [-0.05, 0) is 35.9 Å². The van der Waals surface area contributed by atoms with Gasteiger partial charge in [-0.3, -0.25) is 0 Å². The SMILES string of the molecule is O=S(=O)([O-])O/C=C/c1ccc2c(c1)OC(c1ccc(O)c(O)c1)C(OS(=O)(=O)[O-])O2.[Na+].[Na+].